The molecule has 4 nitrogen and oxygen atoms in total. The fraction of sp³-hybridized carbons (Fsp3) is 0.167. The molecule has 0 spiro atoms. The van der Waals surface area contributed by atoms with Gasteiger partial charge in [0, 0.05) is 25.2 Å². The van der Waals surface area contributed by atoms with E-state index in [1.54, 1.807) is 12.4 Å². The highest BCUT2D eigenvalue weighted by Crippen LogP contribution is 2.12. The van der Waals surface area contributed by atoms with Gasteiger partial charge in [0.05, 0.1) is 12.0 Å². The maximum Gasteiger partial charge on any atom is 0.248 e. The number of aryl methyl sites for hydroxylation is 1. The summed E-state index contributed by atoms with van der Waals surface area (Å²) in [4.78, 5) is 15.4. The van der Waals surface area contributed by atoms with Crippen molar-refractivity contribution in [2.45, 2.75) is 6.42 Å². The summed E-state index contributed by atoms with van der Waals surface area (Å²) >= 11 is 0. The smallest absolute Gasteiger partial charge is 0.248 e. The number of imidazole rings is 1. The molecule has 0 fully saturated rings. The second-order valence-corrected chi connectivity index (χ2v) is 3.73. The highest BCUT2D eigenvalue weighted by molar-refractivity contribution is 5.94. The van der Waals surface area contributed by atoms with Crippen molar-refractivity contribution in [2.75, 3.05) is 0 Å². The number of nitrogens with two attached hydrogens (primary N) is 1. The van der Waals surface area contributed by atoms with Crippen LogP contribution in [0.15, 0.2) is 36.8 Å². The Labute approximate surface area is 93.7 Å². The van der Waals surface area contributed by atoms with Gasteiger partial charge in [-0.1, -0.05) is 18.2 Å². The molecule has 1 amide bonds. The number of rotatable bonds is 3. The number of nitrogens with zero attached hydrogens (tertiary/aromatic N) is 2. The van der Waals surface area contributed by atoms with Crippen LogP contribution in [0.1, 0.15) is 21.6 Å². The Morgan fingerprint density at radius 3 is 2.81 bits per heavy atom. The highest BCUT2D eigenvalue weighted by atomic mass is 16.1. The fourth-order valence-corrected chi connectivity index (χ4v) is 1.67. The lowest BCUT2D eigenvalue weighted by Gasteiger charge is -2.03. The van der Waals surface area contributed by atoms with E-state index in [0.717, 1.165) is 11.3 Å². The van der Waals surface area contributed by atoms with Crippen LogP contribution in [-0.2, 0) is 13.5 Å². The van der Waals surface area contributed by atoms with Crippen molar-refractivity contribution in [2.24, 2.45) is 12.8 Å². The summed E-state index contributed by atoms with van der Waals surface area (Å²) in [6.07, 6.45) is 4.29. The van der Waals surface area contributed by atoms with Gasteiger partial charge in [-0.05, 0) is 11.6 Å². The number of amides is 1. The van der Waals surface area contributed by atoms with Gasteiger partial charge in [0.25, 0.3) is 0 Å². The summed E-state index contributed by atoms with van der Waals surface area (Å²) in [6, 6.07) is 7.34. The summed E-state index contributed by atoms with van der Waals surface area (Å²) in [6.45, 7) is 0. The largest absolute Gasteiger partial charge is 0.366 e. The fourth-order valence-electron chi connectivity index (χ4n) is 1.67. The molecule has 0 radical (unpaired) electrons. The van der Waals surface area contributed by atoms with E-state index in [1.165, 1.54) is 0 Å². The van der Waals surface area contributed by atoms with Gasteiger partial charge in [0.15, 0.2) is 0 Å². The van der Waals surface area contributed by atoms with Gasteiger partial charge in [0.2, 0.25) is 5.91 Å². The number of primary amides is 1. The zero-order valence-corrected chi connectivity index (χ0v) is 9.05. The molecular weight excluding hydrogens is 202 g/mol. The maximum absolute atomic E-state index is 11.2. The van der Waals surface area contributed by atoms with Gasteiger partial charge < -0.3 is 10.3 Å². The first-order chi connectivity index (χ1) is 7.66. The summed E-state index contributed by atoms with van der Waals surface area (Å²) in [5.74, 6) is -0.397. The number of hydrogen-bond acceptors (Lipinski definition) is 2. The summed E-state index contributed by atoms with van der Waals surface area (Å²) in [5, 5.41) is 0. The summed E-state index contributed by atoms with van der Waals surface area (Å²) < 4.78 is 1.88. The Balaban J connectivity index is 2.31. The van der Waals surface area contributed by atoms with Crippen LogP contribution in [0.3, 0.4) is 0 Å². The molecule has 0 bridgehead atoms. The lowest BCUT2D eigenvalue weighted by Crippen LogP contribution is -2.13. The Hall–Kier alpha value is -2.10. The van der Waals surface area contributed by atoms with Crippen LogP contribution in [0.4, 0.5) is 0 Å². The molecule has 82 valence electrons. The van der Waals surface area contributed by atoms with Crippen molar-refractivity contribution in [3.8, 4) is 0 Å². The normalized spacial score (nSPS) is 10.3. The lowest BCUT2D eigenvalue weighted by atomic mass is 10.0. The zero-order chi connectivity index (χ0) is 11.5. The number of benzene rings is 1. The van der Waals surface area contributed by atoms with Crippen LogP contribution in [0.25, 0.3) is 0 Å². The third kappa shape index (κ3) is 2.11. The third-order valence-corrected chi connectivity index (χ3v) is 2.41. The zero-order valence-electron chi connectivity index (χ0n) is 9.05. The topological polar surface area (TPSA) is 60.9 Å². The van der Waals surface area contributed by atoms with E-state index in [4.69, 9.17) is 5.73 Å². The monoisotopic (exact) mass is 215 g/mol. The van der Waals surface area contributed by atoms with Crippen LogP contribution in [-0.4, -0.2) is 15.5 Å². The van der Waals surface area contributed by atoms with E-state index in [-0.39, 0.29) is 0 Å². The molecular formula is C12H13N3O. The second-order valence-electron chi connectivity index (χ2n) is 3.73. The van der Waals surface area contributed by atoms with E-state index in [9.17, 15) is 4.79 Å². The average molecular weight is 215 g/mol. The Kier molecular flexibility index (Phi) is 2.72. The second kappa shape index (κ2) is 4.18. The molecule has 1 aromatic carbocycles. The predicted molar refractivity (Wildman–Crippen MR) is 61.0 cm³/mol. The van der Waals surface area contributed by atoms with Gasteiger partial charge in [-0.3, -0.25) is 4.79 Å². The Morgan fingerprint density at radius 2 is 2.19 bits per heavy atom. The first-order valence-corrected chi connectivity index (χ1v) is 5.01. The van der Waals surface area contributed by atoms with Crippen LogP contribution in [0.2, 0.25) is 0 Å². The first-order valence-electron chi connectivity index (χ1n) is 5.01. The molecule has 0 aliphatic heterocycles. The van der Waals surface area contributed by atoms with Crippen molar-refractivity contribution in [3.63, 3.8) is 0 Å². The molecule has 0 unspecified atom stereocenters. The van der Waals surface area contributed by atoms with Gasteiger partial charge in [-0.25, -0.2) is 4.98 Å². The van der Waals surface area contributed by atoms with Crippen LogP contribution in [0.5, 0.6) is 0 Å². The molecule has 0 saturated carbocycles. The lowest BCUT2D eigenvalue weighted by molar-refractivity contribution is 0.0999. The molecule has 2 aromatic rings. The molecule has 4 heteroatoms. The van der Waals surface area contributed by atoms with E-state index < -0.39 is 5.91 Å². The van der Waals surface area contributed by atoms with E-state index >= 15 is 0 Å². The highest BCUT2D eigenvalue weighted by Gasteiger charge is 2.08. The van der Waals surface area contributed by atoms with Crippen LogP contribution >= 0.6 is 0 Å². The molecule has 0 aliphatic rings. The summed E-state index contributed by atoms with van der Waals surface area (Å²) in [7, 11) is 1.91. The van der Waals surface area contributed by atoms with E-state index in [2.05, 4.69) is 4.98 Å². The van der Waals surface area contributed by atoms with E-state index in [0.29, 0.717) is 12.0 Å². The standard InChI is InChI=1S/C12H13N3O/c1-15-7-10(14-8-15)6-9-4-2-3-5-11(9)12(13)16/h2-5,7-8H,6H2,1H3,(H2,13,16). The molecule has 0 aliphatic carbocycles. The minimum atomic E-state index is -0.397. The number of carbonyl (C=O) groups is 1. The van der Waals surface area contributed by atoms with Gasteiger partial charge in [-0.2, -0.15) is 0 Å². The molecule has 16 heavy (non-hydrogen) atoms. The predicted octanol–water partition coefficient (Wildman–Crippen LogP) is 1.11. The van der Waals surface area contributed by atoms with Crippen molar-refractivity contribution >= 4 is 5.91 Å². The van der Waals surface area contributed by atoms with Crippen LogP contribution < -0.4 is 5.73 Å². The van der Waals surface area contributed by atoms with Gasteiger partial charge >= 0.3 is 0 Å². The number of aromatic nitrogens is 2. The van der Waals surface area contributed by atoms with Crippen molar-refractivity contribution in [1.82, 2.24) is 9.55 Å². The molecule has 0 saturated heterocycles. The minimum absolute atomic E-state index is 0.397. The number of carbonyl (C=O) groups excluding carboxylic acids is 1. The average Bonchev–Trinajstić information content (AvgIpc) is 2.64. The molecule has 0 atom stereocenters. The van der Waals surface area contributed by atoms with Gasteiger partial charge in [-0.15, -0.1) is 0 Å². The quantitative estimate of drug-likeness (QED) is 0.833. The minimum Gasteiger partial charge on any atom is -0.366 e. The first kappa shape index (κ1) is 10.4. The number of hydrogen-bond donors (Lipinski definition) is 1. The molecule has 1 heterocycles. The van der Waals surface area contributed by atoms with Crippen molar-refractivity contribution in [1.29, 1.82) is 0 Å². The molecule has 2 rings (SSSR count). The Bertz CT molecular complexity index is 516. The maximum atomic E-state index is 11.2. The molecule has 2 N–H and O–H groups in total. The van der Waals surface area contributed by atoms with Gasteiger partial charge in [0.1, 0.15) is 0 Å². The summed E-state index contributed by atoms with van der Waals surface area (Å²) in [5.41, 5.74) is 7.71. The van der Waals surface area contributed by atoms with E-state index in [1.807, 2.05) is 36.0 Å². The third-order valence-electron chi connectivity index (χ3n) is 2.41. The molecule has 1 aromatic heterocycles. The van der Waals surface area contributed by atoms with Crippen molar-refractivity contribution in [3.05, 3.63) is 53.6 Å². The Morgan fingerprint density at radius 1 is 1.44 bits per heavy atom. The van der Waals surface area contributed by atoms with Crippen molar-refractivity contribution < 1.29 is 4.79 Å². The van der Waals surface area contributed by atoms with Crippen LogP contribution in [0, 0.1) is 0 Å². The SMILES string of the molecule is Cn1cnc(Cc2ccccc2C(N)=O)c1.